The average molecular weight is 341 g/mol. The maximum atomic E-state index is 5.75. The quantitative estimate of drug-likeness (QED) is 0.824. The van der Waals surface area contributed by atoms with Crippen molar-refractivity contribution in [1.29, 1.82) is 0 Å². The standard InChI is InChI=1S/C13H13BrN2S2/c1-8-2-3-11(9(6-8)13(15)17)16-7-12-10(14)4-5-18-12/h2-6,16H,7H2,1H3,(H2,15,17). The molecule has 2 nitrogen and oxygen atoms in total. The maximum Gasteiger partial charge on any atom is 0.106 e. The van der Waals surface area contributed by atoms with Crippen LogP contribution in [-0.2, 0) is 6.54 Å². The van der Waals surface area contributed by atoms with Crippen LogP contribution >= 0.6 is 39.5 Å². The van der Waals surface area contributed by atoms with Crippen LogP contribution in [0.4, 0.5) is 5.69 Å². The van der Waals surface area contributed by atoms with Crippen LogP contribution < -0.4 is 11.1 Å². The van der Waals surface area contributed by atoms with Gasteiger partial charge in [-0.15, -0.1) is 11.3 Å². The molecule has 0 aliphatic rings. The number of aryl methyl sites for hydroxylation is 1. The van der Waals surface area contributed by atoms with Crippen molar-refractivity contribution >= 4 is 50.2 Å². The average Bonchev–Trinajstić information content (AvgIpc) is 2.73. The van der Waals surface area contributed by atoms with Crippen molar-refractivity contribution in [2.75, 3.05) is 5.32 Å². The van der Waals surface area contributed by atoms with E-state index < -0.39 is 0 Å². The molecule has 0 atom stereocenters. The molecule has 0 fully saturated rings. The Bertz CT molecular complexity index is 578. The minimum absolute atomic E-state index is 0.423. The first kappa shape index (κ1) is 13.5. The third-order valence-electron chi connectivity index (χ3n) is 2.57. The van der Waals surface area contributed by atoms with Gasteiger partial charge in [-0.2, -0.15) is 0 Å². The van der Waals surface area contributed by atoms with Crippen molar-refractivity contribution in [1.82, 2.24) is 0 Å². The lowest BCUT2D eigenvalue weighted by Crippen LogP contribution is -2.13. The number of anilines is 1. The van der Waals surface area contributed by atoms with E-state index in [1.54, 1.807) is 11.3 Å². The molecule has 2 aromatic rings. The Kier molecular flexibility index (Phi) is 4.37. The van der Waals surface area contributed by atoms with E-state index >= 15 is 0 Å². The Morgan fingerprint density at radius 1 is 1.44 bits per heavy atom. The van der Waals surface area contributed by atoms with E-state index in [4.69, 9.17) is 18.0 Å². The van der Waals surface area contributed by atoms with Gasteiger partial charge in [-0.25, -0.2) is 0 Å². The second-order valence-corrected chi connectivity index (χ2v) is 6.25. The molecule has 0 aliphatic carbocycles. The van der Waals surface area contributed by atoms with Gasteiger partial charge in [-0.1, -0.05) is 23.8 Å². The number of halogens is 1. The fourth-order valence-electron chi connectivity index (χ4n) is 1.64. The van der Waals surface area contributed by atoms with Gasteiger partial charge in [0, 0.05) is 20.6 Å². The van der Waals surface area contributed by atoms with Crippen LogP contribution in [0.3, 0.4) is 0 Å². The lowest BCUT2D eigenvalue weighted by atomic mass is 10.1. The zero-order chi connectivity index (χ0) is 13.1. The van der Waals surface area contributed by atoms with E-state index in [0.717, 1.165) is 27.8 Å². The lowest BCUT2D eigenvalue weighted by Gasteiger charge is -2.11. The molecule has 0 saturated heterocycles. The van der Waals surface area contributed by atoms with Crippen molar-refractivity contribution in [2.45, 2.75) is 13.5 Å². The summed E-state index contributed by atoms with van der Waals surface area (Å²) in [5.41, 5.74) is 8.78. The number of benzene rings is 1. The number of thiocarbonyl (C=S) groups is 1. The van der Waals surface area contributed by atoms with E-state index in [1.807, 2.05) is 31.2 Å². The van der Waals surface area contributed by atoms with E-state index in [2.05, 4.69) is 26.6 Å². The molecule has 18 heavy (non-hydrogen) atoms. The van der Waals surface area contributed by atoms with E-state index in [-0.39, 0.29) is 0 Å². The van der Waals surface area contributed by atoms with E-state index in [9.17, 15) is 0 Å². The number of hydrogen-bond acceptors (Lipinski definition) is 3. The van der Waals surface area contributed by atoms with Gasteiger partial charge < -0.3 is 11.1 Å². The third kappa shape index (κ3) is 3.10. The van der Waals surface area contributed by atoms with Gasteiger partial charge in [0.05, 0.1) is 6.54 Å². The van der Waals surface area contributed by atoms with Crippen molar-refractivity contribution in [3.05, 3.63) is 50.1 Å². The van der Waals surface area contributed by atoms with Crippen molar-refractivity contribution < 1.29 is 0 Å². The monoisotopic (exact) mass is 340 g/mol. The molecular weight excluding hydrogens is 328 g/mol. The maximum absolute atomic E-state index is 5.75. The summed E-state index contributed by atoms with van der Waals surface area (Å²) in [5, 5.41) is 5.44. The fraction of sp³-hybridized carbons (Fsp3) is 0.154. The van der Waals surface area contributed by atoms with Gasteiger partial charge in [0.1, 0.15) is 4.99 Å². The number of nitrogens with one attached hydrogen (secondary N) is 1. The van der Waals surface area contributed by atoms with Gasteiger partial charge in [0.15, 0.2) is 0 Å². The molecule has 0 bridgehead atoms. The molecule has 0 radical (unpaired) electrons. The number of rotatable bonds is 4. The second-order valence-electron chi connectivity index (χ2n) is 3.96. The summed E-state index contributed by atoms with van der Waals surface area (Å²) >= 11 is 10.3. The molecule has 1 aromatic heterocycles. The van der Waals surface area contributed by atoms with Gasteiger partial charge >= 0.3 is 0 Å². The summed E-state index contributed by atoms with van der Waals surface area (Å²) in [6, 6.07) is 8.12. The summed E-state index contributed by atoms with van der Waals surface area (Å²) in [5.74, 6) is 0. The van der Waals surface area contributed by atoms with Crippen LogP contribution in [0.1, 0.15) is 16.0 Å². The summed E-state index contributed by atoms with van der Waals surface area (Å²) < 4.78 is 1.13. The molecule has 1 heterocycles. The van der Waals surface area contributed by atoms with E-state index in [0.29, 0.717) is 4.99 Å². The Labute approximate surface area is 124 Å². The predicted octanol–water partition coefficient (Wildman–Crippen LogP) is 4.07. The molecule has 0 unspecified atom stereocenters. The van der Waals surface area contributed by atoms with Crippen molar-refractivity contribution in [3.8, 4) is 0 Å². The molecule has 0 amide bonds. The van der Waals surface area contributed by atoms with Crippen LogP contribution in [-0.4, -0.2) is 4.99 Å². The third-order valence-corrected chi connectivity index (χ3v) is 4.72. The van der Waals surface area contributed by atoms with Crippen LogP contribution in [0, 0.1) is 6.92 Å². The zero-order valence-electron chi connectivity index (χ0n) is 9.87. The summed E-state index contributed by atoms with van der Waals surface area (Å²) in [6.45, 7) is 2.79. The van der Waals surface area contributed by atoms with Crippen LogP contribution in [0.25, 0.3) is 0 Å². The van der Waals surface area contributed by atoms with Crippen LogP contribution in [0.5, 0.6) is 0 Å². The predicted molar refractivity (Wildman–Crippen MR) is 86.4 cm³/mol. The van der Waals surface area contributed by atoms with Crippen molar-refractivity contribution in [3.63, 3.8) is 0 Å². The molecule has 1 aromatic carbocycles. The number of hydrogen-bond donors (Lipinski definition) is 2. The zero-order valence-corrected chi connectivity index (χ0v) is 13.1. The molecule has 0 aliphatic heterocycles. The first-order valence-corrected chi connectivity index (χ1v) is 7.52. The SMILES string of the molecule is Cc1ccc(NCc2sccc2Br)c(C(N)=S)c1. The van der Waals surface area contributed by atoms with Gasteiger partial charge in [0.25, 0.3) is 0 Å². The lowest BCUT2D eigenvalue weighted by molar-refractivity contribution is 1.18. The number of nitrogens with two attached hydrogens (primary N) is 1. The highest BCUT2D eigenvalue weighted by Crippen LogP contribution is 2.25. The Balaban J connectivity index is 2.19. The van der Waals surface area contributed by atoms with Crippen LogP contribution in [0.2, 0.25) is 0 Å². The molecule has 94 valence electrons. The Morgan fingerprint density at radius 2 is 2.22 bits per heavy atom. The van der Waals surface area contributed by atoms with Crippen LogP contribution in [0.15, 0.2) is 34.1 Å². The summed E-state index contributed by atoms with van der Waals surface area (Å²) in [4.78, 5) is 1.68. The Hall–Kier alpha value is -0.910. The highest BCUT2D eigenvalue weighted by Gasteiger charge is 2.07. The second kappa shape index (κ2) is 5.82. The summed E-state index contributed by atoms with van der Waals surface area (Å²) in [6.07, 6.45) is 0. The minimum atomic E-state index is 0.423. The first-order valence-electron chi connectivity index (χ1n) is 5.44. The van der Waals surface area contributed by atoms with Gasteiger partial charge in [-0.05, 0) is 46.4 Å². The molecule has 0 spiro atoms. The molecule has 5 heteroatoms. The first-order chi connectivity index (χ1) is 8.58. The molecule has 3 N–H and O–H groups in total. The molecular formula is C13H13BrN2S2. The smallest absolute Gasteiger partial charge is 0.106 e. The minimum Gasteiger partial charge on any atom is -0.389 e. The highest BCUT2D eigenvalue weighted by molar-refractivity contribution is 9.10. The normalized spacial score (nSPS) is 10.3. The topological polar surface area (TPSA) is 38.0 Å². The molecule has 2 rings (SSSR count). The summed E-state index contributed by atoms with van der Waals surface area (Å²) in [7, 11) is 0. The van der Waals surface area contributed by atoms with Gasteiger partial charge in [-0.3, -0.25) is 0 Å². The fourth-order valence-corrected chi connectivity index (χ4v) is 3.24. The largest absolute Gasteiger partial charge is 0.389 e. The van der Waals surface area contributed by atoms with E-state index in [1.165, 1.54) is 4.88 Å². The Morgan fingerprint density at radius 3 is 2.83 bits per heavy atom. The van der Waals surface area contributed by atoms with Gasteiger partial charge in [0.2, 0.25) is 0 Å². The number of thiophene rings is 1. The van der Waals surface area contributed by atoms with Crippen molar-refractivity contribution in [2.24, 2.45) is 5.73 Å². The highest BCUT2D eigenvalue weighted by atomic mass is 79.9. The molecule has 0 saturated carbocycles.